The number of nitrogens with zero attached hydrogens (tertiary/aromatic N) is 2. The number of halogens is 1. The summed E-state index contributed by atoms with van der Waals surface area (Å²) in [6.07, 6.45) is 4.88. The van der Waals surface area contributed by atoms with Crippen LogP contribution in [-0.2, 0) is 11.2 Å². The Kier molecular flexibility index (Phi) is 6.44. The van der Waals surface area contributed by atoms with Gasteiger partial charge in [0.1, 0.15) is 5.82 Å². The fourth-order valence-corrected chi connectivity index (χ4v) is 3.32. The minimum atomic E-state index is -0.246. The molecule has 0 saturated carbocycles. The van der Waals surface area contributed by atoms with Gasteiger partial charge >= 0.3 is 0 Å². The summed E-state index contributed by atoms with van der Waals surface area (Å²) in [6.45, 7) is 0.612. The Bertz CT molecular complexity index is 817. The molecule has 0 aliphatic rings. The average Bonchev–Trinajstić information content (AvgIpc) is 3.19. The summed E-state index contributed by atoms with van der Waals surface area (Å²) < 4.78 is 14.6. The van der Waals surface area contributed by atoms with Crippen LogP contribution in [0.3, 0.4) is 0 Å². The van der Waals surface area contributed by atoms with Crippen molar-refractivity contribution in [3.8, 4) is 5.69 Å². The minimum Gasteiger partial charge on any atom is -0.356 e. The quantitative estimate of drug-likeness (QED) is 0.614. The van der Waals surface area contributed by atoms with Crippen LogP contribution in [0.1, 0.15) is 12.0 Å². The van der Waals surface area contributed by atoms with Crippen LogP contribution in [0.15, 0.2) is 71.9 Å². The van der Waals surface area contributed by atoms with E-state index in [1.54, 1.807) is 30.1 Å². The first-order valence-electron chi connectivity index (χ1n) is 8.45. The number of rotatable bonds is 8. The highest BCUT2D eigenvalue weighted by molar-refractivity contribution is 7.99. The molecule has 1 N–H and O–H groups in total. The van der Waals surface area contributed by atoms with Crippen LogP contribution < -0.4 is 5.32 Å². The zero-order valence-electron chi connectivity index (χ0n) is 14.3. The number of benzene rings is 2. The van der Waals surface area contributed by atoms with Crippen molar-refractivity contribution in [1.29, 1.82) is 0 Å². The van der Waals surface area contributed by atoms with Crippen molar-refractivity contribution in [2.45, 2.75) is 17.7 Å². The van der Waals surface area contributed by atoms with E-state index in [-0.39, 0.29) is 11.7 Å². The van der Waals surface area contributed by atoms with Gasteiger partial charge in [-0.05, 0) is 54.4 Å². The van der Waals surface area contributed by atoms with Gasteiger partial charge in [-0.25, -0.2) is 9.07 Å². The molecule has 0 saturated heterocycles. The number of carbonyl (C=O) groups is 1. The van der Waals surface area contributed by atoms with Gasteiger partial charge in [-0.15, -0.1) is 11.8 Å². The Morgan fingerprint density at radius 1 is 1.12 bits per heavy atom. The molecule has 0 aliphatic carbocycles. The van der Waals surface area contributed by atoms with E-state index in [9.17, 15) is 9.18 Å². The van der Waals surface area contributed by atoms with Gasteiger partial charge in [0.2, 0.25) is 5.91 Å². The molecule has 134 valence electrons. The van der Waals surface area contributed by atoms with Crippen molar-refractivity contribution < 1.29 is 9.18 Å². The van der Waals surface area contributed by atoms with Crippen molar-refractivity contribution in [3.05, 3.63) is 78.4 Å². The molecule has 0 spiro atoms. The van der Waals surface area contributed by atoms with Crippen molar-refractivity contribution in [3.63, 3.8) is 0 Å². The molecule has 0 unspecified atom stereocenters. The van der Waals surface area contributed by atoms with Crippen LogP contribution in [0.25, 0.3) is 5.69 Å². The van der Waals surface area contributed by atoms with E-state index in [1.807, 2.05) is 41.2 Å². The fourth-order valence-electron chi connectivity index (χ4n) is 2.46. The molecule has 0 fully saturated rings. The first kappa shape index (κ1) is 18.2. The van der Waals surface area contributed by atoms with E-state index >= 15 is 0 Å². The molecule has 3 aromatic rings. The van der Waals surface area contributed by atoms with Gasteiger partial charge in [0.25, 0.3) is 0 Å². The first-order valence-corrected chi connectivity index (χ1v) is 9.43. The molecule has 1 amide bonds. The monoisotopic (exact) mass is 369 g/mol. The molecule has 26 heavy (non-hydrogen) atoms. The van der Waals surface area contributed by atoms with Crippen LogP contribution in [0.2, 0.25) is 0 Å². The SMILES string of the molecule is O=C(CCSc1ccc(F)cc1)NCCc1ccc(-n2cccn2)cc1. The van der Waals surface area contributed by atoms with Gasteiger partial charge in [0.15, 0.2) is 0 Å². The third kappa shape index (κ3) is 5.46. The minimum absolute atomic E-state index is 0.0350. The molecule has 0 aliphatic heterocycles. The Morgan fingerprint density at radius 3 is 2.58 bits per heavy atom. The predicted octanol–water partition coefficient (Wildman–Crippen LogP) is 3.85. The molecule has 0 atom stereocenters. The van der Waals surface area contributed by atoms with Gasteiger partial charge in [-0.1, -0.05) is 12.1 Å². The molecule has 1 aromatic heterocycles. The van der Waals surface area contributed by atoms with E-state index in [0.29, 0.717) is 18.7 Å². The maximum Gasteiger partial charge on any atom is 0.220 e. The summed E-state index contributed by atoms with van der Waals surface area (Å²) in [4.78, 5) is 12.9. The zero-order chi connectivity index (χ0) is 18.2. The third-order valence-corrected chi connectivity index (χ3v) is 4.87. The van der Waals surface area contributed by atoms with E-state index in [4.69, 9.17) is 0 Å². The second kappa shape index (κ2) is 9.20. The lowest BCUT2D eigenvalue weighted by atomic mass is 10.1. The third-order valence-electron chi connectivity index (χ3n) is 3.85. The highest BCUT2D eigenvalue weighted by atomic mass is 32.2. The standard InChI is InChI=1S/C20H20FN3OS/c21-17-4-8-19(9-5-17)26-15-11-20(25)22-13-10-16-2-6-18(7-3-16)24-14-1-12-23-24/h1-9,12,14H,10-11,13,15H2,(H,22,25). The number of amides is 1. The predicted molar refractivity (Wildman–Crippen MR) is 102 cm³/mol. The molecule has 0 bridgehead atoms. The van der Waals surface area contributed by atoms with Crippen LogP contribution >= 0.6 is 11.8 Å². The number of hydrogen-bond donors (Lipinski definition) is 1. The van der Waals surface area contributed by atoms with Gasteiger partial charge < -0.3 is 5.32 Å². The molecule has 1 heterocycles. The Morgan fingerprint density at radius 2 is 1.88 bits per heavy atom. The summed E-state index contributed by atoms with van der Waals surface area (Å²) in [5.74, 6) is 0.466. The van der Waals surface area contributed by atoms with Crippen LogP contribution in [-0.4, -0.2) is 28.0 Å². The lowest BCUT2D eigenvalue weighted by molar-refractivity contribution is -0.120. The molecule has 6 heteroatoms. The van der Waals surface area contributed by atoms with E-state index in [0.717, 1.165) is 17.0 Å². The molecular formula is C20H20FN3OS. The molecular weight excluding hydrogens is 349 g/mol. The van der Waals surface area contributed by atoms with Gasteiger partial charge in [0, 0.05) is 36.0 Å². The second-order valence-electron chi connectivity index (χ2n) is 5.77. The molecule has 2 aromatic carbocycles. The molecule has 4 nitrogen and oxygen atoms in total. The number of nitrogens with one attached hydrogen (secondary N) is 1. The van der Waals surface area contributed by atoms with Crippen LogP contribution in [0.4, 0.5) is 4.39 Å². The number of hydrogen-bond acceptors (Lipinski definition) is 3. The van der Waals surface area contributed by atoms with Crippen molar-refractivity contribution in [1.82, 2.24) is 15.1 Å². The summed E-state index contributed by atoms with van der Waals surface area (Å²) in [6, 6.07) is 16.3. The highest BCUT2D eigenvalue weighted by Crippen LogP contribution is 2.18. The number of aromatic nitrogens is 2. The zero-order valence-corrected chi connectivity index (χ0v) is 15.1. The maximum atomic E-state index is 12.8. The van der Waals surface area contributed by atoms with Crippen molar-refractivity contribution >= 4 is 17.7 Å². The maximum absolute atomic E-state index is 12.8. The molecule has 0 radical (unpaired) electrons. The van der Waals surface area contributed by atoms with E-state index in [2.05, 4.69) is 10.4 Å². The van der Waals surface area contributed by atoms with Crippen LogP contribution in [0, 0.1) is 5.82 Å². The first-order chi connectivity index (χ1) is 12.7. The Hall–Kier alpha value is -2.60. The summed E-state index contributed by atoms with van der Waals surface area (Å²) >= 11 is 1.55. The van der Waals surface area contributed by atoms with Crippen molar-refractivity contribution in [2.24, 2.45) is 0 Å². The summed E-state index contributed by atoms with van der Waals surface area (Å²) in [7, 11) is 0. The van der Waals surface area contributed by atoms with Crippen molar-refractivity contribution in [2.75, 3.05) is 12.3 Å². The average molecular weight is 369 g/mol. The lowest BCUT2D eigenvalue weighted by Gasteiger charge is -2.07. The van der Waals surface area contributed by atoms with Gasteiger partial charge in [0.05, 0.1) is 5.69 Å². The van der Waals surface area contributed by atoms with Gasteiger partial charge in [-0.3, -0.25) is 4.79 Å². The smallest absolute Gasteiger partial charge is 0.220 e. The van der Waals surface area contributed by atoms with Gasteiger partial charge in [-0.2, -0.15) is 5.10 Å². The number of thioether (sulfide) groups is 1. The normalized spacial score (nSPS) is 10.7. The fraction of sp³-hybridized carbons (Fsp3) is 0.200. The number of carbonyl (C=O) groups excluding carboxylic acids is 1. The second-order valence-corrected chi connectivity index (χ2v) is 6.94. The molecule has 3 rings (SSSR count). The highest BCUT2D eigenvalue weighted by Gasteiger charge is 2.03. The Labute approximate surface area is 156 Å². The van der Waals surface area contributed by atoms with E-state index < -0.39 is 0 Å². The summed E-state index contributed by atoms with van der Waals surface area (Å²) in [5.41, 5.74) is 2.18. The Balaban J connectivity index is 1.35. The summed E-state index contributed by atoms with van der Waals surface area (Å²) in [5, 5.41) is 7.13. The van der Waals surface area contributed by atoms with Crippen LogP contribution in [0.5, 0.6) is 0 Å². The largest absolute Gasteiger partial charge is 0.356 e. The van der Waals surface area contributed by atoms with E-state index in [1.165, 1.54) is 17.7 Å². The lowest BCUT2D eigenvalue weighted by Crippen LogP contribution is -2.25. The topological polar surface area (TPSA) is 46.9 Å².